The molecule has 0 bridgehead atoms. The van der Waals surface area contributed by atoms with Gasteiger partial charge in [-0.3, -0.25) is 4.79 Å². The van der Waals surface area contributed by atoms with E-state index in [0.29, 0.717) is 25.4 Å². The Bertz CT molecular complexity index is 692. The number of methoxy groups -OCH3 is 1. The van der Waals surface area contributed by atoms with E-state index in [0.717, 1.165) is 12.8 Å². The largest absolute Gasteiger partial charge is 0.495 e. The molecule has 0 aromatic heterocycles. The molecule has 2 aliphatic heterocycles. The van der Waals surface area contributed by atoms with Gasteiger partial charge in [-0.1, -0.05) is 12.1 Å². The van der Waals surface area contributed by atoms with Crippen molar-refractivity contribution in [2.24, 2.45) is 0 Å². The average Bonchev–Trinajstić information content (AvgIpc) is 3.15. The molecule has 1 unspecified atom stereocenters. The fraction of sp³-hybridized carbons (Fsp3) is 0.562. The summed E-state index contributed by atoms with van der Waals surface area (Å²) in [5.41, 5.74) is 0. The second kappa shape index (κ2) is 7.08. The standard InChI is InChI=1S/C16H22N2O5S/c1-22-13-5-2-3-7-15(13)24(20,21)18-10-8-17(9-11-18)16(19)14-6-4-12-23-14/h2-3,5,7,14H,4,6,8-12H2,1H3. The molecule has 132 valence electrons. The van der Waals surface area contributed by atoms with Crippen molar-refractivity contribution >= 4 is 15.9 Å². The fourth-order valence-corrected chi connectivity index (χ4v) is 4.67. The van der Waals surface area contributed by atoms with Crippen molar-refractivity contribution in [3.63, 3.8) is 0 Å². The van der Waals surface area contributed by atoms with Crippen LogP contribution < -0.4 is 4.74 Å². The highest BCUT2D eigenvalue weighted by Crippen LogP contribution is 2.27. The zero-order chi connectivity index (χ0) is 17.2. The number of piperazine rings is 1. The van der Waals surface area contributed by atoms with Crippen molar-refractivity contribution in [2.75, 3.05) is 39.9 Å². The molecule has 0 N–H and O–H groups in total. The van der Waals surface area contributed by atoms with Crippen LogP contribution in [0.25, 0.3) is 0 Å². The summed E-state index contributed by atoms with van der Waals surface area (Å²) in [5, 5.41) is 0. The van der Waals surface area contributed by atoms with Crippen LogP contribution in [-0.2, 0) is 19.6 Å². The highest BCUT2D eigenvalue weighted by Gasteiger charge is 2.34. The molecule has 2 fully saturated rings. The minimum absolute atomic E-state index is 0.0261. The lowest BCUT2D eigenvalue weighted by Gasteiger charge is -2.35. The molecule has 0 saturated carbocycles. The summed E-state index contributed by atoms with van der Waals surface area (Å²) in [7, 11) is -2.18. The Morgan fingerprint density at radius 2 is 1.92 bits per heavy atom. The number of nitrogens with zero attached hydrogens (tertiary/aromatic N) is 2. The van der Waals surface area contributed by atoms with Crippen molar-refractivity contribution in [3.05, 3.63) is 24.3 Å². The second-order valence-corrected chi connectivity index (χ2v) is 7.79. The van der Waals surface area contributed by atoms with Crippen LogP contribution in [0.2, 0.25) is 0 Å². The van der Waals surface area contributed by atoms with Crippen LogP contribution >= 0.6 is 0 Å². The predicted molar refractivity (Wildman–Crippen MR) is 87.3 cm³/mol. The summed E-state index contributed by atoms with van der Waals surface area (Å²) in [4.78, 5) is 14.2. The third kappa shape index (κ3) is 3.26. The van der Waals surface area contributed by atoms with E-state index in [2.05, 4.69) is 0 Å². The van der Waals surface area contributed by atoms with Crippen molar-refractivity contribution < 1.29 is 22.7 Å². The smallest absolute Gasteiger partial charge is 0.251 e. The summed E-state index contributed by atoms with van der Waals surface area (Å²) >= 11 is 0. The topological polar surface area (TPSA) is 76.2 Å². The third-order valence-corrected chi connectivity index (χ3v) is 6.38. The Morgan fingerprint density at radius 3 is 2.54 bits per heavy atom. The molecule has 1 atom stereocenters. The van der Waals surface area contributed by atoms with E-state index in [1.54, 1.807) is 23.1 Å². The predicted octanol–water partition coefficient (Wildman–Crippen LogP) is 0.707. The van der Waals surface area contributed by atoms with E-state index in [-0.39, 0.29) is 30.0 Å². The number of ether oxygens (including phenoxy) is 2. The van der Waals surface area contributed by atoms with E-state index in [1.165, 1.54) is 17.5 Å². The second-order valence-electron chi connectivity index (χ2n) is 5.88. The number of amides is 1. The summed E-state index contributed by atoms with van der Waals surface area (Å²) in [6, 6.07) is 6.57. The van der Waals surface area contributed by atoms with Crippen molar-refractivity contribution in [3.8, 4) is 5.75 Å². The van der Waals surface area contributed by atoms with Crippen LogP contribution in [0.1, 0.15) is 12.8 Å². The molecule has 0 aliphatic carbocycles. The first-order valence-electron chi connectivity index (χ1n) is 8.07. The van der Waals surface area contributed by atoms with E-state index < -0.39 is 10.0 Å². The Kier molecular flexibility index (Phi) is 5.07. The Labute approximate surface area is 142 Å². The summed E-state index contributed by atoms with van der Waals surface area (Å²) in [6.45, 7) is 1.94. The number of rotatable bonds is 4. The summed E-state index contributed by atoms with van der Waals surface area (Å²) < 4.78 is 37.6. The Morgan fingerprint density at radius 1 is 1.21 bits per heavy atom. The molecular weight excluding hydrogens is 332 g/mol. The van der Waals surface area contributed by atoms with Crippen LogP contribution in [-0.4, -0.2) is 69.5 Å². The normalized spacial score (nSPS) is 22.5. The van der Waals surface area contributed by atoms with E-state index in [9.17, 15) is 13.2 Å². The molecule has 2 heterocycles. The van der Waals surface area contributed by atoms with Gasteiger partial charge >= 0.3 is 0 Å². The third-order valence-electron chi connectivity index (χ3n) is 4.44. The molecule has 7 nitrogen and oxygen atoms in total. The lowest BCUT2D eigenvalue weighted by atomic mass is 10.2. The number of carbonyl (C=O) groups is 1. The SMILES string of the molecule is COc1ccccc1S(=O)(=O)N1CCN(C(=O)C2CCCO2)CC1. The zero-order valence-electron chi connectivity index (χ0n) is 13.7. The molecule has 0 radical (unpaired) electrons. The Balaban J connectivity index is 1.68. The van der Waals surface area contributed by atoms with Gasteiger partial charge in [-0.2, -0.15) is 4.31 Å². The van der Waals surface area contributed by atoms with Crippen molar-refractivity contribution in [1.29, 1.82) is 0 Å². The number of carbonyl (C=O) groups excluding carboxylic acids is 1. The van der Waals surface area contributed by atoms with E-state index in [4.69, 9.17) is 9.47 Å². The molecule has 1 aromatic rings. The molecule has 1 amide bonds. The van der Waals surface area contributed by atoms with Gasteiger partial charge in [-0.15, -0.1) is 0 Å². The van der Waals surface area contributed by atoms with Crippen LogP contribution in [0.3, 0.4) is 0 Å². The monoisotopic (exact) mass is 354 g/mol. The molecule has 2 aliphatic rings. The first-order valence-corrected chi connectivity index (χ1v) is 9.51. The quantitative estimate of drug-likeness (QED) is 0.796. The summed E-state index contributed by atoms with van der Waals surface area (Å²) in [5.74, 6) is 0.303. The fourth-order valence-electron chi connectivity index (χ4n) is 3.10. The van der Waals surface area contributed by atoms with Gasteiger partial charge in [0.2, 0.25) is 10.0 Å². The van der Waals surface area contributed by atoms with Gasteiger partial charge < -0.3 is 14.4 Å². The maximum absolute atomic E-state index is 12.8. The Hall–Kier alpha value is -1.64. The van der Waals surface area contributed by atoms with E-state index in [1.807, 2.05) is 0 Å². The summed E-state index contributed by atoms with van der Waals surface area (Å²) in [6.07, 6.45) is 1.29. The maximum atomic E-state index is 12.8. The number of benzene rings is 1. The molecule has 8 heteroatoms. The molecule has 24 heavy (non-hydrogen) atoms. The van der Waals surface area contributed by atoms with Gasteiger partial charge in [-0.05, 0) is 25.0 Å². The first kappa shape index (κ1) is 17.2. The van der Waals surface area contributed by atoms with Crippen LogP contribution in [0.5, 0.6) is 5.75 Å². The van der Waals surface area contributed by atoms with Gasteiger partial charge in [0, 0.05) is 32.8 Å². The molecule has 3 rings (SSSR count). The highest BCUT2D eigenvalue weighted by molar-refractivity contribution is 7.89. The van der Waals surface area contributed by atoms with Gasteiger partial charge in [0.25, 0.3) is 5.91 Å². The van der Waals surface area contributed by atoms with Gasteiger partial charge in [0.15, 0.2) is 0 Å². The molecule has 1 aromatic carbocycles. The van der Waals surface area contributed by atoms with E-state index >= 15 is 0 Å². The number of para-hydroxylation sites is 1. The molecule has 0 spiro atoms. The van der Waals surface area contributed by atoms with Gasteiger partial charge in [0.05, 0.1) is 7.11 Å². The molecular formula is C16H22N2O5S. The lowest BCUT2D eigenvalue weighted by molar-refractivity contribution is -0.142. The van der Waals surface area contributed by atoms with Crippen LogP contribution in [0, 0.1) is 0 Å². The maximum Gasteiger partial charge on any atom is 0.251 e. The highest BCUT2D eigenvalue weighted by atomic mass is 32.2. The molecule has 2 saturated heterocycles. The minimum Gasteiger partial charge on any atom is -0.495 e. The lowest BCUT2D eigenvalue weighted by Crippen LogP contribution is -2.52. The number of hydrogen-bond donors (Lipinski definition) is 0. The zero-order valence-corrected chi connectivity index (χ0v) is 14.5. The van der Waals surface area contributed by atoms with Crippen molar-refractivity contribution in [2.45, 2.75) is 23.8 Å². The first-order chi connectivity index (χ1) is 11.5. The van der Waals surface area contributed by atoms with Crippen LogP contribution in [0.4, 0.5) is 0 Å². The van der Waals surface area contributed by atoms with Crippen molar-refractivity contribution in [1.82, 2.24) is 9.21 Å². The average molecular weight is 354 g/mol. The van der Waals surface area contributed by atoms with Gasteiger partial charge in [0.1, 0.15) is 16.7 Å². The minimum atomic E-state index is -3.63. The van der Waals surface area contributed by atoms with Crippen LogP contribution in [0.15, 0.2) is 29.2 Å². The number of hydrogen-bond acceptors (Lipinski definition) is 5. The van der Waals surface area contributed by atoms with Gasteiger partial charge in [-0.25, -0.2) is 8.42 Å². The number of sulfonamides is 1.